The molecule has 1 aliphatic heterocycles. The summed E-state index contributed by atoms with van der Waals surface area (Å²) in [5.74, 6) is -0.641. The largest absolute Gasteiger partial charge is 0.350 e. The van der Waals surface area contributed by atoms with Gasteiger partial charge in [0.15, 0.2) is 0 Å². The van der Waals surface area contributed by atoms with Crippen LogP contribution < -0.4 is 10.6 Å². The normalized spacial score (nSPS) is 17.0. The summed E-state index contributed by atoms with van der Waals surface area (Å²) in [6.45, 7) is 2.53. The van der Waals surface area contributed by atoms with E-state index < -0.39 is 12.1 Å². The summed E-state index contributed by atoms with van der Waals surface area (Å²) >= 11 is 0. The molecule has 1 unspecified atom stereocenters. The standard InChI is InChI=1S/C18H20N4O3/c1-2-9-22-17(24)15(21-18(22)25)10-16(23)19-11-13-8-7-12-5-3-4-6-14(12)20-13/h3-8,15H,2,9-11H2,1H3,(H,19,23)(H,21,25). The lowest BCUT2D eigenvalue weighted by atomic mass is 10.2. The van der Waals surface area contributed by atoms with Gasteiger partial charge in [0.2, 0.25) is 5.91 Å². The molecule has 3 rings (SSSR count). The zero-order valence-electron chi connectivity index (χ0n) is 14.0. The summed E-state index contributed by atoms with van der Waals surface area (Å²) < 4.78 is 0. The van der Waals surface area contributed by atoms with Crippen LogP contribution in [0.1, 0.15) is 25.5 Å². The highest BCUT2D eigenvalue weighted by molar-refractivity contribution is 6.05. The lowest BCUT2D eigenvalue weighted by Gasteiger charge is -2.11. The monoisotopic (exact) mass is 340 g/mol. The van der Waals surface area contributed by atoms with Crippen molar-refractivity contribution in [1.29, 1.82) is 0 Å². The molecule has 1 aromatic heterocycles. The third-order valence-electron chi connectivity index (χ3n) is 4.07. The summed E-state index contributed by atoms with van der Waals surface area (Å²) in [5, 5.41) is 6.34. The Morgan fingerprint density at radius 2 is 2.04 bits per heavy atom. The Hall–Kier alpha value is -2.96. The number of benzene rings is 1. The molecule has 0 radical (unpaired) electrons. The van der Waals surface area contributed by atoms with E-state index in [2.05, 4.69) is 15.6 Å². The molecule has 1 aliphatic rings. The third-order valence-corrected chi connectivity index (χ3v) is 4.07. The van der Waals surface area contributed by atoms with E-state index >= 15 is 0 Å². The van der Waals surface area contributed by atoms with Gasteiger partial charge in [-0.1, -0.05) is 31.2 Å². The van der Waals surface area contributed by atoms with Crippen LogP contribution in [0, 0.1) is 0 Å². The van der Waals surface area contributed by atoms with Crippen molar-refractivity contribution in [2.75, 3.05) is 6.54 Å². The fraction of sp³-hybridized carbons (Fsp3) is 0.333. The van der Waals surface area contributed by atoms with Crippen molar-refractivity contribution in [2.24, 2.45) is 0 Å². The molecule has 1 fully saturated rings. The predicted octanol–water partition coefficient (Wildman–Crippen LogP) is 1.57. The van der Waals surface area contributed by atoms with Gasteiger partial charge in [0.05, 0.1) is 24.2 Å². The molecule has 130 valence electrons. The van der Waals surface area contributed by atoms with Crippen molar-refractivity contribution in [2.45, 2.75) is 32.4 Å². The van der Waals surface area contributed by atoms with E-state index in [0.29, 0.717) is 13.0 Å². The van der Waals surface area contributed by atoms with Crippen LogP contribution in [0.15, 0.2) is 36.4 Å². The number of aromatic nitrogens is 1. The smallest absolute Gasteiger partial charge is 0.324 e. The molecule has 1 saturated heterocycles. The zero-order valence-corrected chi connectivity index (χ0v) is 14.0. The van der Waals surface area contributed by atoms with E-state index in [1.807, 2.05) is 43.3 Å². The molecule has 7 nitrogen and oxygen atoms in total. The number of carbonyl (C=O) groups is 3. The molecule has 1 aromatic carbocycles. The molecule has 2 heterocycles. The van der Waals surface area contributed by atoms with Gasteiger partial charge in [-0.3, -0.25) is 19.5 Å². The number of pyridine rings is 1. The highest BCUT2D eigenvalue weighted by Crippen LogP contribution is 2.12. The van der Waals surface area contributed by atoms with Crippen LogP contribution in [0.5, 0.6) is 0 Å². The molecule has 0 saturated carbocycles. The zero-order chi connectivity index (χ0) is 17.8. The molecule has 2 N–H and O–H groups in total. The van der Waals surface area contributed by atoms with Crippen LogP contribution in [0.25, 0.3) is 10.9 Å². The number of rotatable bonds is 6. The quantitative estimate of drug-likeness (QED) is 0.781. The number of para-hydroxylation sites is 1. The van der Waals surface area contributed by atoms with Crippen molar-refractivity contribution in [1.82, 2.24) is 20.5 Å². The molecule has 25 heavy (non-hydrogen) atoms. The van der Waals surface area contributed by atoms with E-state index in [-0.39, 0.29) is 24.8 Å². The first-order valence-corrected chi connectivity index (χ1v) is 8.31. The summed E-state index contributed by atoms with van der Waals surface area (Å²) in [4.78, 5) is 41.6. The van der Waals surface area contributed by atoms with Crippen LogP contribution in [0.4, 0.5) is 4.79 Å². The maximum Gasteiger partial charge on any atom is 0.324 e. The molecule has 0 aliphatic carbocycles. The van der Waals surface area contributed by atoms with E-state index in [0.717, 1.165) is 21.5 Å². The Labute approximate surface area is 145 Å². The minimum atomic E-state index is -0.788. The fourth-order valence-electron chi connectivity index (χ4n) is 2.80. The number of hydrogen-bond acceptors (Lipinski definition) is 4. The highest BCUT2D eigenvalue weighted by atomic mass is 16.2. The third kappa shape index (κ3) is 3.76. The minimum absolute atomic E-state index is 0.0711. The maximum absolute atomic E-state index is 12.1. The van der Waals surface area contributed by atoms with E-state index in [1.54, 1.807) is 0 Å². The minimum Gasteiger partial charge on any atom is -0.350 e. The Bertz CT molecular complexity index is 821. The molecule has 2 aromatic rings. The number of hydrogen-bond donors (Lipinski definition) is 2. The van der Waals surface area contributed by atoms with Crippen molar-refractivity contribution >= 4 is 28.7 Å². The average molecular weight is 340 g/mol. The summed E-state index contributed by atoms with van der Waals surface area (Å²) in [5.41, 5.74) is 1.60. The molecule has 4 amide bonds. The summed E-state index contributed by atoms with van der Waals surface area (Å²) in [6.07, 6.45) is 0.615. The van der Waals surface area contributed by atoms with Gasteiger partial charge in [0.1, 0.15) is 6.04 Å². The van der Waals surface area contributed by atoms with Crippen LogP contribution in [0.3, 0.4) is 0 Å². The van der Waals surface area contributed by atoms with Crippen LogP contribution in [-0.4, -0.2) is 40.3 Å². The average Bonchev–Trinajstić information content (AvgIpc) is 2.87. The lowest BCUT2D eigenvalue weighted by Crippen LogP contribution is -2.36. The van der Waals surface area contributed by atoms with Gasteiger partial charge < -0.3 is 10.6 Å². The second-order valence-corrected chi connectivity index (χ2v) is 5.97. The number of imide groups is 1. The van der Waals surface area contributed by atoms with Crippen molar-refractivity contribution < 1.29 is 14.4 Å². The predicted molar refractivity (Wildman–Crippen MR) is 92.5 cm³/mol. The van der Waals surface area contributed by atoms with Crippen LogP contribution in [-0.2, 0) is 16.1 Å². The van der Waals surface area contributed by atoms with Gasteiger partial charge in [0.25, 0.3) is 5.91 Å². The fourth-order valence-corrected chi connectivity index (χ4v) is 2.80. The first kappa shape index (κ1) is 16.9. The number of fused-ring (bicyclic) bond motifs is 1. The Morgan fingerprint density at radius 1 is 1.24 bits per heavy atom. The van der Waals surface area contributed by atoms with Crippen molar-refractivity contribution in [3.05, 3.63) is 42.1 Å². The molecular weight excluding hydrogens is 320 g/mol. The van der Waals surface area contributed by atoms with E-state index in [1.165, 1.54) is 0 Å². The molecular formula is C18H20N4O3. The van der Waals surface area contributed by atoms with Crippen LogP contribution in [0.2, 0.25) is 0 Å². The number of nitrogens with zero attached hydrogens (tertiary/aromatic N) is 2. The Morgan fingerprint density at radius 3 is 2.84 bits per heavy atom. The molecule has 1 atom stereocenters. The second-order valence-electron chi connectivity index (χ2n) is 5.97. The van der Waals surface area contributed by atoms with Gasteiger partial charge in [0, 0.05) is 11.9 Å². The van der Waals surface area contributed by atoms with Crippen LogP contribution >= 0.6 is 0 Å². The second kappa shape index (κ2) is 7.29. The maximum atomic E-state index is 12.1. The molecule has 7 heteroatoms. The first-order valence-electron chi connectivity index (χ1n) is 8.31. The Balaban J connectivity index is 1.55. The van der Waals surface area contributed by atoms with Gasteiger partial charge in [-0.2, -0.15) is 0 Å². The van der Waals surface area contributed by atoms with E-state index in [4.69, 9.17) is 0 Å². The van der Waals surface area contributed by atoms with Gasteiger partial charge in [-0.15, -0.1) is 0 Å². The lowest BCUT2D eigenvalue weighted by molar-refractivity contribution is -0.130. The Kier molecular flexibility index (Phi) is 4.92. The number of carbonyl (C=O) groups excluding carboxylic acids is 3. The number of urea groups is 1. The van der Waals surface area contributed by atoms with Gasteiger partial charge >= 0.3 is 6.03 Å². The number of nitrogens with one attached hydrogen (secondary N) is 2. The topological polar surface area (TPSA) is 91.4 Å². The van der Waals surface area contributed by atoms with Crippen molar-refractivity contribution in [3.63, 3.8) is 0 Å². The van der Waals surface area contributed by atoms with Crippen molar-refractivity contribution in [3.8, 4) is 0 Å². The van der Waals surface area contributed by atoms with Gasteiger partial charge in [-0.05, 0) is 18.6 Å². The molecule has 0 spiro atoms. The first-order chi connectivity index (χ1) is 12.1. The number of amides is 4. The highest BCUT2D eigenvalue weighted by Gasteiger charge is 2.38. The van der Waals surface area contributed by atoms with E-state index in [9.17, 15) is 14.4 Å². The SMILES string of the molecule is CCCN1C(=O)NC(CC(=O)NCc2ccc3ccccc3n2)C1=O. The summed E-state index contributed by atoms with van der Waals surface area (Å²) in [6, 6.07) is 10.3. The summed E-state index contributed by atoms with van der Waals surface area (Å²) in [7, 11) is 0. The molecule has 0 bridgehead atoms. The van der Waals surface area contributed by atoms with Gasteiger partial charge in [-0.25, -0.2) is 4.79 Å².